The molecule has 1 saturated heterocycles. The molecule has 0 radical (unpaired) electrons. The first-order valence-corrected chi connectivity index (χ1v) is 2.79. The molecule has 9 heavy (non-hydrogen) atoms. The standard InChI is InChI=1S/C5H9F2NO/c1-5(2-8-3-5)9-4(6)7/h4,8H,2-3H2,1H3. The average molecular weight is 137 g/mol. The van der Waals surface area contributed by atoms with Crippen molar-refractivity contribution >= 4 is 0 Å². The molecular weight excluding hydrogens is 128 g/mol. The molecule has 1 N–H and O–H groups in total. The first-order valence-electron chi connectivity index (χ1n) is 2.79. The molecule has 0 amide bonds. The second-order valence-corrected chi connectivity index (χ2v) is 2.43. The van der Waals surface area contributed by atoms with Gasteiger partial charge in [0.15, 0.2) is 0 Å². The molecule has 54 valence electrons. The van der Waals surface area contributed by atoms with Gasteiger partial charge in [-0.05, 0) is 6.92 Å². The summed E-state index contributed by atoms with van der Waals surface area (Å²) < 4.78 is 27.3. The van der Waals surface area contributed by atoms with Crippen LogP contribution in [0.1, 0.15) is 6.92 Å². The fourth-order valence-electron chi connectivity index (χ4n) is 0.775. The molecule has 0 saturated carbocycles. The Morgan fingerprint density at radius 3 is 2.22 bits per heavy atom. The first kappa shape index (κ1) is 6.89. The maximum atomic E-state index is 11.5. The van der Waals surface area contributed by atoms with E-state index in [1.165, 1.54) is 0 Å². The highest BCUT2D eigenvalue weighted by Crippen LogP contribution is 2.18. The van der Waals surface area contributed by atoms with Crippen LogP contribution in [0, 0.1) is 0 Å². The predicted molar refractivity (Wildman–Crippen MR) is 28.4 cm³/mol. The molecular formula is C5H9F2NO. The number of ether oxygens (including phenoxy) is 1. The Kier molecular flexibility index (Phi) is 1.68. The third kappa shape index (κ3) is 1.59. The quantitative estimate of drug-likeness (QED) is 0.601. The van der Waals surface area contributed by atoms with Crippen LogP contribution in [0.25, 0.3) is 0 Å². The second-order valence-electron chi connectivity index (χ2n) is 2.43. The van der Waals surface area contributed by atoms with Gasteiger partial charge in [-0.25, -0.2) is 0 Å². The van der Waals surface area contributed by atoms with E-state index in [4.69, 9.17) is 0 Å². The minimum atomic E-state index is -2.64. The van der Waals surface area contributed by atoms with Gasteiger partial charge in [-0.2, -0.15) is 8.78 Å². The van der Waals surface area contributed by atoms with Crippen molar-refractivity contribution in [1.29, 1.82) is 0 Å². The van der Waals surface area contributed by atoms with E-state index < -0.39 is 12.2 Å². The lowest BCUT2D eigenvalue weighted by Crippen LogP contribution is -2.59. The highest BCUT2D eigenvalue weighted by Gasteiger charge is 2.35. The zero-order chi connectivity index (χ0) is 6.91. The van der Waals surface area contributed by atoms with Crippen molar-refractivity contribution in [1.82, 2.24) is 5.32 Å². The molecule has 0 aromatic carbocycles. The van der Waals surface area contributed by atoms with Gasteiger partial charge in [0.1, 0.15) is 0 Å². The van der Waals surface area contributed by atoms with Crippen molar-refractivity contribution in [3.05, 3.63) is 0 Å². The highest BCUT2D eigenvalue weighted by molar-refractivity contribution is 4.89. The molecule has 1 fully saturated rings. The van der Waals surface area contributed by atoms with Gasteiger partial charge in [-0.1, -0.05) is 0 Å². The summed E-state index contributed by atoms with van der Waals surface area (Å²) in [6, 6.07) is 0. The zero-order valence-corrected chi connectivity index (χ0v) is 5.16. The Bertz CT molecular complexity index is 103. The second kappa shape index (κ2) is 2.19. The molecule has 1 heterocycles. The van der Waals surface area contributed by atoms with Crippen LogP contribution in [0.5, 0.6) is 0 Å². The van der Waals surface area contributed by atoms with E-state index in [0.717, 1.165) is 0 Å². The van der Waals surface area contributed by atoms with Gasteiger partial charge in [-0.3, -0.25) is 0 Å². The SMILES string of the molecule is CC1(OC(F)F)CNC1. The summed E-state index contributed by atoms with van der Waals surface area (Å²) in [5.41, 5.74) is -0.617. The van der Waals surface area contributed by atoms with E-state index in [1.807, 2.05) is 0 Å². The number of alkyl halides is 2. The number of hydrogen-bond acceptors (Lipinski definition) is 2. The van der Waals surface area contributed by atoms with Gasteiger partial charge in [0.05, 0.1) is 5.60 Å². The summed E-state index contributed by atoms with van der Waals surface area (Å²) in [6.45, 7) is 0.0711. The van der Waals surface area contributed by atoms with E-state index in [1.54, 1.807) is 6.92 Å². The smallest absolute Gasteiger partial charge is 0.314 e. The molecule has 4 heteroatoms. The van der Waals surface area contributed by atoms with Crippen LogP contribution in [-0.4, -0.2) is 25.3 Å². The zero-order valence-electron chi connectivity index (χ0n) is 5.16. The molecule has 1 aliphatic rings. The molecule has 0 aromatic rings. The monoisotopic (exact) mass is 137 g/mol. The lowest BCUT2D eigenvalue weighted by Gasteiger charge is -2.38. The summed E-state index contributed by atoms with van der Waals surface area (Å²) in [7, 11) is 0. The molecule has 0 unspecified atom stereocenters. The molecule has 0 aromatic heterocycles. The van der Waals surface area contributed by atoms with E-state index in [0.29, 0.717) is 13.1 Å². The van der Waals surface area contributed by atoms with Crippen LogP contribution in [0.2, 0.25) is 0 Å². The summed E-state index contributed by atoms with van der Waals surface area (Å²) in [5, 5.41) is 2.85. The van der Waals surface area contributed by atoms with Crippen molar-refractivity contribution in [3.8, 4) is 0 Å². The summed E-state index contributed by atoms with van der Waals surface area (Å²) in [6.07, 6.45) is 0. The normalized spacial score (nSPS) is 24.0. The largest absolute Gasteiger partial charge is 0.345 e. The van der Waals surface area contributed by atoms with Crippen LogP contribution >= 0.6 is 0 Å². The number of rotatable bonds is 2. The first-order chi connectivity index (χ1) is 4.12. The van der Waals surface area contributed by atoms with Crippen molar-refractivity contribution in [3.63, 3.8) is 0 Å². The number of hydrogen-bond donors (Lipinski definition) is 1. The van der Waals surface area contributed by atoms with Crippen LogP contribution in [0.3, 0.4) is 0 Å². The molecule has 0 bridgehead atoms. The Morgan fingerprint density at radius 2 is 2.11 bits per heavy atom. The minimum absolute atomic E-state index is 0.525. The van der Waals surface area contributed by atoms with Gasteiger partial charge in [-0.15, -0.1) is 0 Å². The van der Waals surface area contributed by atoms with Crippen molar-refractivity contribution in [2.75, 3.05) is 13.1 Å². The van der Waals surface area contributed by atoms with E-state index in [-0.39, 0.29) is 0 Å². The predicted octanol–water partition coefficient (Wildman–Crippen LogP) is 0.587. The third-order valence-corrected chi connectivity index (χ3v) is 1.37. The van der Waals surface area contributed by atoms with Crippen LogP contribution < -0.4 is 5.32 Å². The van der Waals surface area contributed by atoms with E-state index in [9.17, 15) is 8.78 Å². The third-order valence-electron chi connectivity index (χ3n) is 1.37. The maximum Gasteiger partial charge on any atom is 0.345 e. The molecule has 0 spiro atoms. The fourth-order valence-corrected chi connectivity index (χ4v) is 0.775. The molecule has 0 aliphatic carbocycles. The van der Waals surface area contributed by atoms with Crippen molar-refractivity contribution in [2.45, 2.75) is 19.1 Å². The topological polar surface area (TPSA) is 21.3 Å². The minimum Gasteiger partial charge on any atom is -0.314 e. The highest BCUT2D eigenvalue weighted by atomic mass is 19.3. The van der Waals surface area contributed by atoms with Crippen molar-refractivity contribution < 1.29 is 13.5 Å². The lowest BCUT2D eigenvalue weighted by molar-refractivity contribution is -0.216. The lowest BCUT2D eigenvalue weighted by atomic mass is 10.0. The van der Waals surface area contributed by atoms with Crippen LogP contribution in [0.15, 0.2) is 0 Å². The molecule has 1 aliphatic heterocycles. The number of halogens is 2. The maximum absolute atomic E-state index is 11.5. The summed E-state index contributed by atoms with van der Waals surface area (Å²) in [5.74, 6) is 0. The van der Waals surface area contributed by atoms with Crippen LogP contribution in [-0.2, 0) is 4.74 Å². The Balaban J connectivity index is 2.24. The number of nitrogens with one attached hydrogen (secondary N) is 1. The summed E-state index contributed by atoms with van der Waals surface area (Å²) in [4.78, 5) is 0. The van der Waals surface area contributed by atoms with Gasteiger partial charge in [0.25, 0.3) is 0 Å². The molecule has 0 atom stereocenters. The molecule has 2 nitrogen and oxygen atoms in total. The van der Waals surface area contributed by atoms with Crippen LogP contribution in [0.4, 0.5) is 8.78 Å². The summed E-state index contributed by atoms with van der Waals surface area (Å²) >= 11 is 0. The van der Waals surface area contributed by atoms with Gasteiger partial charge >= 0.3 is 6.61 Å². The fraction of sp³-hybridized carbons (Fsp3) is 1.00. The Hall–Kier alpha value is -0.220. The van der Waals surface area contributed by atoms with Gasteiger partial charge in [0, 0.05) is 13.1 Å². The van der Waals surface area contributed by atoms with Crippen molar-refractivity contribution in [2.24, 2.45) is 0 Å². The average Bonchev–Trinajstić information content (AvgIpc) is 1.60. The Morgan fingerprint density at radius 1 is 1.56 bits per heavy atom. The van der Waals surface area contributed by atoms with Gasteiger partial charge in [0.2, 0.25) is 0 Å². The van der Waals surface area contributed by atoms with E-state index >= 15 is 0 Å². The Labute approximate surface area is 52.2 Å². The molecule has 1 rings (SSSR count). The van der Waals surface area contributed by atoms with Gasteiger partial charge < -0.3 is 10.1 Å². The van der Waals surface area contributed by atoms with E-state index in [2.05, 4.69) is 10.1 Å².